The fraction of sp³-hybridized carbons (Fsp3) is 0.417. The topological polar surface area (TPSA) is 38.3 Å². The molecule has 1 N–H and O–H groups in total. The Morgan fingerprint density at radius 2 is 2.07 bits per heavy atom. The van der Waals surface area contributed by atoms with Crippen LogP contribution in [0.1, 0.15) is 38.3 Å². The number of nitrogens with one attached hydrogen (secondary N) is 1. The second-order valence-electron chi connectivity index (χ2n) is 3.47. The largest absolute Gasteiger partial charge is 0.370 e. The Bertz CT molecular complexity index is 298. The third-order valence-corrected chi connectivity index (χ3v) is 2.10. The van der Waals surface area contributed by atoms with Gasteiger partial charge in [0.2, 0.25) is 0 Å². The van der Waals surface area contributed by atoms with Gasteiger partial charge in [-0.3, -0.25) is 4.79 Å². The summed E-state index contributed by atoms with van der Waals surface area (Å²) in [6.07, 6.45) is 1.26. The highest BCUT2D eigenvalue weighted by atomic mass is 16.7. The molecular weight excluding hydrogens is 190 g/mol. The van der Waals surface area contributed by atoms with Crippen LogP contribution in [-0.2, 0) is 9.63 Å². The number of carbonyl (C=O) groups is 1. The molecule has 0 bridgehead atoms. The van der Waals surface area contributed by atoms with Gasteiger partial charge in [0.15, 0.2) is 0 Å². The zero-order chi connectivity index (χ0) is 11.1. The third-order valence-electron chi connectivity index (χ3n) is 2.10. The molecule has 0 saturated heterocycles. The number of hydrogen-bond acceptors (Lipinski definition) is 3. The van der Waals surface area contributed by atoms with Crippen LogP contribution in [0.5, 0.6) is 0 Å². The summed E-state index contributed by atoms with van der Waals surface area (Å²) in [5, 5.41) is 0. The van der Waals surface area contributed by atoms with Crippen LogP contribution in [0.3, 0.4) is 0 Å². The van der Waals surface area contributed by atoms with Gasteiger partial charge in [0.05, 0.1) is 6.04 Å². The van der Waals surface area contributed by atoms with Crippen molar-refractivity contribution in [2.45, 2.75) is 32.7 Å². The second-order valence-corrected chi connectivity index (χ2v) is 3.47. The van der Waals surface area contributed by atoms with Crippen LogP contribution in [0.15, 0.2) is 30.3 Å². The lowest BCUT2D eigenvalue weighted by Gasteiger charge is -2.13. The van der Waals surface area contributed by atoms with Gasteiger partial charge in [-0.25, -0.2) is 0 Å². The van der Waals surface area contributed by atoms with Gasteiger partial charge in [0.1, 0.15) is 0 Å². The molecule has 0 amide bonds. The van der Waals surface area contributed by atoms with E-state index in [1.54, 1.807) is 0 Å². The minimum Gasteiger partial charge on any atom is -0.370 e. The van der Waals surface area contributed by atoms with Gasteiger partial charge in [-0.1, -0.05) is 37.3 Å². The van der Waals surface area contributed by atoms with E-state index in [4.69, 9.17) is 4.84 Å². The number of hydrogen-bond donors (Lipinski definition) is 1. The smallest absolute Gasteiger partial charge is 0.324 e. The molecule has 15 heavy (non-hydrogen) atoms. The second kappa shape index (κ2) is 6.19. The number of benzene rings is 1. The van der Waals surface area contributed by atoms with Crippen LogP contribution in [-0.4, -0.2) is 5.97 Å². The molecule has 1 aromatic rings. The maximum absolute atomic E-state index is 11.1. The Labute approximate surface area is 90.4 Å². The molecule has 0 fully saturated rings. The molecule has 3 heteroatoms. The summed E-state index contributed by atoms with van der Waals surface area (Å²) in [7, 11) is 0. The average Bonchev–Trinajstić information content (AvgIpc) is 2.27. The summed E-state index contributed by atoms with van der Waals surface area (Å²) >= 11 is 0. The molecule has 0 aliphatic rings. The number of carbonyl (C=O) groups excluding carboxylic acids is 1. The molecule has 82 valence electrons. The van der Waals surface area contributed by atoms with Crippen molar-refractivity contribution in [3.8, 4) is 0 Å². The van der Waals surface area contributed by atoms with Gasteiger partial charge in [-0.15, -0.1) is 5.48 Å². The lowest BCUT2D eigenvalue weighted by atomic mass is 10.1. The first-order chi connectivity index (χ1) is 7.24. The lowest BCUT2D eigenvalue weighted by Crippen LogP contribution is -2.23. The Morgan fingerprint density at radius 1 is 1.40 bits per heavy atom. The molecule has 3 nitrogen and oxygen atoms in total. The molecule has 0 spiro atoms. The Hall–Kier alpha value is -1.35. The van der Waals surface area contributed by atoms with Crippen LogP contribution in [0, 0.1) is 0 Å². The molecule has 0 saturated carbocycles. The van der Waals surface area contributed by atoms with E-state index in [1.165, 1.54) is 0 Å². The van der Waals surface area contributed by atoms with E-state index in [2.05, 4.69) is 5.48 Å². The molecule has 1 atom stereocenters. The molecular formula is C12H17NO2. The van der Waals surface area contributed by atoms with Crippen LogP contribution in [0.2, 0.25) is 0 Å². The summed E-state index contributed by atoms with van der Waals surface area (Å²) in [5.41, 5.74) is 3.83. The zero-order valence-electron chi connectivity index (χ0n) is 9.19. The predicted molar refractivity (Wildman–Crippen MR) is 59.0 cm³/mol. The maximum atomic E-state index is 11.1. The molecule has 0 heterocycles. The van der Waals surface area contributed by atoms with E-state index >= 15 is 0 Å². The summed E-state index contributed by atoms with van der Waals surface area (Å²) in [4.78, 5) is 16.0. The molecule has 0 aliphatic carbocycles. The highest BCUT2D eigenvalue weighted by molar-refractivity contribution is 5.68. The van der Waals surface area contributed by atoms with Crippen LogP contribution in [0.25, 0.3) is 0 Å². The van der Waals surface area contributed by atoms with Gasteiger partial charge in [0.25, 0.3) is 0 Å². The third kappa shape index (κ3) is 4.13. The minimum absolute atomic E-state index is 0.0204. The molecule has 0 aromatic heterocycles. The van der Waals surface area contributed by atoms with Crippen molar-refractivity contribution in [3.05, 3.63) is 35.9 Å². The monoisotopic (exact) mass is 207 g/mol. The quantitative estimate of drug-likeness (QED) is 0.754. The minimum atomic E-state index is -0.208. The maximum Gasteiger partial charge on any atom is 0.324 e. The first-order valence-corrected chi connectivity index (χ1v) is 5.24. The normalized spacial score (nSPS) is 12.1. The van der Waals surface area contributed by atoms with Crippen LogP contribution < -0.4 is 5.48 Å². The summed E-state index contributed by atoms with van der Waals surface area (Å²) in [5.74, 6) is -0.208. The Balaban J connectivity index is 2.37. The van der Waals surface area contributed by atoms with E-state index in [0.29, 0.717) is 6.42 Å². The van der Waals surface area contributed by atoms with Gasteiger partial charge in [-0.2, -0.15) is 0 Å². The highest BCUT2D eigenvalue weighted by Gasteiger charge is 2.07. The first-order valence-electron chi connectivity index (χ1n) is 5.24. The number of rotatable bonds is 5. The van der Waals surface area contributed by atoms with Crippen molar-refractivity contribution in [2.24, 2.45) is 0 Å². The molecule has 0 radical (unpaired) electrons. The van der Waals surface area contributed by atoms with Crippen molar-refractivity contribution in [1.29, 1.82) is 0 Å². The van der Waals surface area contributed by atoms with Crippen LogP contribution >= 0.6 is 0 Å². The van der Waals surface area contributed by atoms with Crippen LogP contribution in [0.4, 0.5) is 0 Å². The first kappa shape index (κ1) is 11.7. The fourth-order valence-corrected chi connectivity index (χ4v) is 1.22. The van der Waals surface area contributed by atoms with Crippen molar-refractivity contribution in [1.82, 2.24) is 5.48 Å². The molecule has 1 aromatic carbocycles. The molecule has 0 unspecified atom stereocenters. The van der Waals surface area contributed by atoms with Crippen molar-refractivity contribution < 1.29 is 9.63 Å². The van der Waals surface area contributed by atoms with E-state index in [0.717, 1.165) is 12.0 Å². The summed E-state index contributed by atoms with van der Waals surface area (Å²) < 4.78 is 0. The predicted octanol–water partition coefficient (Wildman–Crippen LogP) is 2.60. The van der Waals surface area contributed by atoms with E-state index in [1.807, 2.05) is 44.2 Å². The fourth-order valence-electron chi connectivity index (χ4n) is 1.22. The van der Waals surface area contributed by atoms with E-state index in [9.17, 15) is 4.79 Å². The highest BCUT2D eigenvalue weighted by Crippen LogP contribution is 2.10. The average molecular weight is 207 g/mol. The van der Waals surface area contributed by atoms with Crippen molar-refractivity contribution in [2.75, 3.05) is 0 Å². The van der Waals surface area contributed by atoms with E-state index < -0.39 is 0 Å². The Morgan fingerprint density at radius 3 is 2.67 bits per heavy atom. The zero-order valence-corrected chi connectivity index (χ0v) is 9.19. The van der Waals surface area contributed by atoms with Crippen molar-refractivity contribution in [3.63, 3.8) is 0 Å². The van der Waals surface area contributed by atoms with E-state index in [-0.39, 0.29) is 12.0 Å². The lowest BCUT2D eigenvalue weighted by molar-refractivity contribution is -0.152. The van der Waals surface area contributed by atoms with Gasteiger partial charge < -0.3 is 4.84 Å². The van der Waals surface area contributed by atoms with Crippen molar-refractivity contribution >= 4 is 5.97 Å². The van der Waals surface area contributed by atoms with Gasteiger partial charge in [0, 0.05) is 6.42 Å². The summed E-state index contributed by atoms with van der Waals surface area (Å²) in [6, 6.07) is 9.88. The number of hydroxylamine groups is 1. The summed E-state index contributed by atoms with van der Waals surface area (Å²) in [6.45, 7) is 3.90. The molecule has 1 rings (SSSR count). The SMILES string of the molecule is CCCC(=O)ON[C@@H](C)c1ccccc1. The van der Waals surface area contributed by atoms with Gasteiger partial charge >= 0.3 is 5.97 Å². The Kier molecular flexibility index (Phi) is 4.84. The standard InChI is InChI=1S/C12H17NO2/c1-3-7-12(14)15-13-10(2)11-8-5-4-6-9-11/h4-6,8-10,13H,3,7H2,1-2H3/t10-/m0/s1. The molecule has 0 aliphatic heterocycles. The van der Waals surface area contributed by atoms with Gasteiger partial charge in [-0.05, 0) is 18.9 Å².